The highest BCUT2D eigenvalue weighted by atomic mass is 35.5. The van der Waals surface area contributed by atoms with Gasteiger partial charge in [0, 0.05) is 20.0 Å². The molecule has 2 rings (SSSR count). The van der Waals surface area contributed by atoms with Gasteiger partial charge in [-0.05, 0) is 30.9 Å². The molecule has 0 heterocycles. The van der Waals surface area contributed by atoms with Gasteiger partial charge in [-0.3, -0.25) is 4.79 Å². The van der Waals surface area contributed by atoms with E-state index in [0.29, 0.717) is 22.9 Å². The Hall–Kier alpha value is -0.570. The third kappa shape index (κ3) is 2.87. The molecule has 0 amide bonds. The molecule has 0 N–H and O–H groups in total. The maximum atomic E-state index is 12.1. The highest BCUT2D eigenvalue weighted by Gasteiger charge is 2.38. The van der Waals surface area contributed by atoms with Gasteiger partial charge >= 0.3 is 0 Å². The number of carbonyl (C=O) groups excluding carboxylic acids is 1. The minimum absolute atomic E-state index is 0.153. The third-order valence-corrected chi connectivity index (χ3v) is 4.49. The van der Waals surface area contributed by atoms with Gasteiger partial charge in [-0.25, -0.2) is 0 Å². The molecular formula is C14H16Cl2O2. The van der Waals surface area contributed by atoms with Crippen LogP contribution in [0.25, 0.3) is 0 Å². The minimum Gasteiger partial charge on any atom is -0.378 e. The van der Waals surface area contributed by atoms with Crippen LogP contribution in [0.1, 0.15) is 31.2 Å². The van der Waals surface area contributed by atoms with Gasteiger partial charge < -0.3 is 4.74 Å². The lowest BCUT2D eigenvalue weighted by Crippen LogP contribution is -2.41. The van der Waals surface area contributed by atoms with Crippen LogP contribution in [0.5, 0.6) is 0 Å². The van der Waals surface area contributed by atoms with Gasteiger partial charge in [0.05, 0.1) is 15.6 Å². The molecule has 1 saturated carbocycles. The Kier molecular flexibility index (Phi) is 4.31. The second-order valence-corrected chi connectivity index (χ2v) is 5.63. The third-order valence-electron chi connectivity index (χ3n) is 3.64. The molecule has 1 aliphatic carbocycles. The van der Waals surface area contributed by atoms with Crippen LogP contribution in [0.15, 0.2) is 18.2 Å². The van der Waals surface area contributed by atoms with Gasteiger partial charge in [-0.15, -0.1) is 0 Å². The van der Waals surface area contributed by atoms with E-state index in [1.165, 1.54) is 0 Å². The molecule has 0 unspecified atom stereocenters. The Balaban J connectivity index is 2.01. The van der Waals surface area contributed by atoms with Gasteiger partial charge in [0.25, 0.3) is 0 Å². The average molecular weight is 287 g/mol. The Labute approximate surface area is 117 Å². The number of rotatable bonds is 5. The van der Waals surface area contributed by atoms with Crippen molar-refractivity contribution in [1.29, 1.82) is 0 Å². The van der Waals surface area contributed by atoms with Gasteiger partial charge in [0.2, 0.25) is 0 Å². The van der Waals surface area contributed by atoms with Crippen molar-refractivity contribution >= 4 is 29.0 Å². The molecule has 1 aromatic rings. The topological polar surface area (TPSA) is 26.3 Å². The molecular weight excluding hydrogens is 271 g/mol. The fraction of sp³-hybridized carbons (Fsp3) is 0.500. The molecule has 1 aromatic carbocycles. The lowest BCUT2D eigenvalue weighted by molar-refractivity contribution is -0.131. The maximum Gasteiger partial charge on any atom is 0.140 e. The van der Waals surface area contributed by atoms with Gasteiger partial charge in [0.1, 0.15) is 5.78 Å². The number of benzene rings is 1. The summed E-state index contributed by atoms with van der Waals surface area (Å²) in [6.45, 7) is 0. The summed E-state index contributed by atoms with van der Waals surface area (Å²) in [6, 6.07) is 5.37. The van der Waals surface area contributed by atoms with E-state index in [1.54, 1.807) is 13.2 Å². The van der Waals surface area contributed by atoms with Crippen molar-refractivity contribution in [2.75, 3.05) is 7.11 Å². The zero-order valence-electron chi connectivity index (χ0n) is 10.3. The average Bonchev–Trinajstić information content (AvgIpc) is 2.30. The number of carbonyl (C=O) groups is 1. The lowest BCUT2D eigenvalue weighted by Gasteiger charge is -2.40. The van der Waals surface area contributed by atoms with Crippen molar-refractivity contribution in [3.05, 3.63) is 33.8 Å². The first kappa shape index (κ1) is 13.9. The van der Waals surface area contributed by atoms with Crippen LogP contribution in [0.2, 0.25) is 10.0 Å². The number of methoxy groups -OCH3 is 1. The van der Waals surface area contributed by atoms with Crippen molar-refractivity contribution in [3.8, 4) is 0 Å². The van der Waals surface area contributed by atoms with Crippen molar-refractivity contribution in [2.45, 2.75) is 37.7 Å². The smallest absolute Gasteiger partial charge is 0.140 e. The first-order valence-electron chi connectivity index (χ1n) is 6.06. The van der Waals surface area contributed by atoms with Gasteiger partial charge in [0.15, 0.2) is 0 Å². The fourth-order valence-corrected chi connectivity index (χ4v) is 2.73. The quantitative estimate of drug-likeness (QED) is 0.816. The van der Waals surface area contributed by atoms with E-state index in [1.807, 2.05) is 12.1 Å². The Bertz CT molecular complexity index is 448. The summed E-state index contributed by atoms with van der Waals surface area (Å²) in [5, 5.41) is 0.972. The molecule has 0 bridgehead atoms. The van der Waals surface area contributed by atoms with Gasteiger partial charge in [-0.2, -0.15) is 0 Å². The summed E-state index contributed by atoms with van der Waals surface area (Å²) in [4.78, 5) is 12.1. The van der Waals surface area contributed by atoms with Crippen molar-refractivity contribution in [3.63, 3.8) is 0 Å². The van der Waals surface area contributed by atoms with Crippen molar-refractivity contribution in [2.24, 2.45) is 0 Å². The van der Waals surface area contributed by atoms with E-state index in [-0.39, 0.29) is 11.4 Å². The van der Waals surface area contributed by atoms with Crippen LogP contribution in [0.3, 0.4) is 0 Å². The zero-order chi connectivity index (χ0) is 13.2. The van der Waals surface area contributed by atoms with Crippen LogP contribution in [-0.2, 0) is 16.0 Å². The summed E-state index contributed by atoms with van der Waals surface area (Å²) in [7, 11) is 1.68. The Morgan fingerprint density at radius 1 is 1.39 bits per heavy atom. The standard InChI is InChI=1S/C14H16Cl2O2/c1-18-14(6-3-7-14)9-11(17)8-10-4-2-5-12(15)13(10)16/h2,4-5H,3,6-9H2,1H3. The predicted molar refractivity (Wildman–Crippen MR) is 73.4 cm³/mol. The molecule has 0 radical (unpaired) electrons. The van der Waals surface area contributed by atoms with Crippen molar-refractivity contribution in [1.82, 2.24) is 0 Å². The number of ether oxygens (including phenoxy) is 1. The van der Waals surface area contributed by atoms with E-state index < -0.39 is 0 Å². The van der Waals surface area contributed by atoms with Crippen LogP contribution in [0.4, 0.5) is 0 Å². The van der Waals surface area contributed by atoms with Crippen molar-refractivity contribution < 1.29 is 9.53 Å². The highest BCUT2D eigenvalue weighted by molar-refractivity contribution is 6.42. The fourth-order valence-electron chi connectivity index (χ4n) is 2.34. The van der Waals surface area contributed by atoms with Crippen LogP contribution in [-0.4, -0.2) is 18.5 Å². The summed E-state index contributed by atoms with van der Waals surface area (Å²) in [6.07, 6.45) is 3.87. The van der Waals surface area contributed by atoms with Crippen LogP contribution in [0, 0.1) is 0 Å². The summed E-state index contributed by atoms with van der Waals surface area (Å²) in [5.41, 5.74) is 0.571. The lowest BCUT2D eigenvalue weighted by atomic mass is 9.76. The first-order chi connectivity index (χ1) is 8.56. The molecule has 0 aliphatic heterocycles. The second kappa shape index (κ2) is 5.60. The second-order valence-electron chi connectivity index (χ2n) is 4.85. The molecule has 1 fully saturated rings. The Morgan fingerprint density at radius 3 is 2.67 bits per heavy atom. The first-order valence-corrected chi connectivity index (χ1v) is 6.82. The van der Waals surface area contributed by atoms with E-state index in [0.717, 1.165) is 24.8 Å². The minimum atomic E-state index is -0.220. The molecule has 18 heavy (non-hydrogen) atoms. The van der Waals surface area contributed by atoms with Crippen LogP contribution < -0.4 is 0 Å². The normalized spacial score (nSPS) is 17.3. The number of hydrogen-bond donors (Lipinski definition) is 0. The van der Waals surface area contributed by atoms with Crippen LogP contribution >= 0.6 is 23.2 Å². The molecule has 1 aliphatic rings. The molecule has 0 saturated heterocycles. The largest absolute Gasteiger partial charge is 0.378 e. The van der Waals surface area contributed by atoms with E-state index >= 15 is 0 Å². The van der Waals surface area contributed by atoms with E-state index in [2.05, 4.69) is 0 Å². The van der Waals surface area contributed by atoms with E-state index in [9.17, 15) is 4.79 Å². The number of hydrogen-bond acceptors (Lipinski definition) is 2. The zero-order valence-corrected chi connectivity index (χ0v) is 11.9. The number of Topliss-reactive ketones (excluding diaryl/α,β-unsaturated/α-hetero) is 1. The maximum absolute atomic E-state index is 12.1. The predicted octanol–water partition coefficient (Wildman–Crippen LogP) is 4.06. The molecule has 98 valence electrons. The molecule has 4 heteroatoms. The molecule has 2 nitrogen and oxygen atoms in total. The SMILES string of the molecule is COC1(CC(=O)Cc2cccc(Cl)c2Cl)CCC1. The summed E-state index contributed by atoms with van der Waals surface area (Å²) in [5.74, 6) is 0.153. The number of halogens is 2. The summed E-state index contributed by atoms with van der Waals surface area (Å²) >= 11 is 12.0. The number of ketones is 1. The molecule has 0 spiro atoms. The monoisotopic (exact) mass is 286 g/mol. The molecule has 0 atom stereocenters. The summed E-state index contributed by atoms with van der Waals surface area (Å²) < 4.78 is 5.46. The highest BCUT2D eigenvalue weighted by Crippen LogP contribution is 2.38. The molecule has 0 aromatic heterocycles. The van der Waals surface area contributed by atoms with E-state index in [4.69, 9.17) is 27.9 Å². The Morgan fingerprint density at radius 2 is 2.11 bits per heavy atom. The van der Waals surface area contributed by atoms with Gasteiger partial charge in [-0.1, -0.05) is 35.3 Å².